The molecule has 0 fully saturated rings. The van der Waals surface area contributed by atoms with Gasteiger partial charge in [-0.1, -0.05) is 11.6 Å². The molecule has 2 aromatic rings. The van der Waals surface area contributed by atoms with Crippen molar-refractivity contribution in [1.82, 2.24) is 10.3 Å². The number of pyridine rings is 1. The lowest BCUT2D eigenvalue weighted by molar-refractivity contribution is 0.0939. The minimum atomic E-state index is -0.719. The average molecular weight is 376 g/mol. The predicted molar refractivity (Wildman–Crippen MR) is 79.2 cm³/mol. The second-order valence-corrected chi connectivity index (χ2v) is 5.63. The summed E-state index contributed by atoms with van der Waals surface area (Å²) in [7, 11) is 0. The van der Waals surface area contributed by atoms with E-state index in [0.29, 0.717) is 4.47 Å². The highest BCUT2D eigenvalue weighted by molar-refractivity contribution is 9.10. The summed E-state index contributed by atoms with van der Waals surface area (Å²) in [6, 6.07) is 3.85. The molecule has 21 heavy (non-hydrogen) atoms. The number of nitrogens with one attached hydrogen (secondary N) is 1. The van der Waals surface area contributed by atoms with Gasteiger partial charge in [0.15, 0.2) is 0 Å². The van der Waals surface area contributed by atoms with Crippen LogP contribution in [0.25, 0.3) is 0 Å². The minimum Gasteiger partial charge on any atom is -0.345 e. The summed E-state index contributed by atoms with van der Waals surface area (Å²) in [5.74, 6) is -1.69. The van der Waals surface area contributed by atoms with Crippen molar-refractivity contribution in [2.75, 3.05) is 0 Å². The Bertz CT molecular complexity index is 697. The van der Waals surface area contributed by atoms with E-state index in [1.807, 2.05) is 0 Å². The van der Waals surface area contributed by atoms with Gasteiger partial charge >= 0.3 is 0 Å². The molecule has 1 unspecified atom stereocenters. The fourth-order valence-corrected chi connectivity index (χ4v) is 2.30. The van der Waals surface area contributed by atoms with Crippen molar-refractivity contribution in [2.24, 2.45) is 0 Å². The molecule has 2 rings (SSSR count). The van der Waals surface area contributed by atoms with Crippen molar-refractivity contribution in [1.29, 1.82) is 0 Å². The lowest BCUT2D eigenvalue weighted by Gasteiger charge is -2.15. The molecule has 0 spiro atoms. The second-order valence-electron chi connectivity index (χ2n) is 4.35. The number of amides is 1. The first-order valence-corrected chi connectivity index (χ1v) is 7.12. The van der Waals surface area contributed by atoms with Crippen molar-refractivity contribution < 1.29 is 13.6 Å². The van der Waals surface area contributed by atoms with Crippen molar-refractivity contribution >= 4 is 33.4 Å². The fraction of sp³-hybridized carbons (Fsp3) is 0.143. The topological polar surface area (TPSA) is 42.0 Å². The Balaban J connectivity index is 2.23. The molecule has 1 aromatic carbocycles. The van der Waals surface area contributed by atoms with Gasteiger partial charge in [0.05, 0.1) is 11.6 Å². The molecule has 0 saturated carbocycles. The van der Waals surface area contributed by atoms with E-state index in [0.717, 1.165) is 18.2 Å². The Hall–Kier alpha value is -1.53. The van der Waals surface area contributed by atoms with Crippen LogP contribution in [0.1, 0.15) is 28.9 Å². The summed E-state index contributed by atoms with van der Waals surface area (Å²) in [6.07, 6.45) is 1.45. The molecule has 1 aromatic heterocycles. The molecule has 110 valence electrons. The first-order valence-electron chi connectivity index (χ1n) is 5.95. The number of hydrogen-bond donors (Lipinski definition) is 1. The largest absolute Gasteiger partial charge is 0.345 e. The third-order valence-electron chi connectivity index (χ3n) is 2.82. The van der Waals surface area contributed by atoms with Gasteiger partial charge in [-0.25, -0.2) is 13.8 Å². The molecule has 1 N–H and O–H groups in total. The van der Waals surface area contributed by atoms with Gasteiger partial charge in [0.1, 0.15) is 16.8 Å². The number of carbonyl (C=O) groups is 1. The molecule has 0 aliphatic heterocycles. The summed E-state index contributed by atoms with van der Waals surface area (Å²) >= 11 is 9.04. The quantitative estimate of drug-likeness (QED) is 0.814. The van der Waals surface area contributed by atoms with E-state index in [4.69, 9.17) is 11.6 Å². The summed E-state index contributed by atoms with van der Waals surface area (Å²) in [6.45, 7) is 1.55. The Kier molecular flexibility index (Phi) is 4.90. The number of benzene rings is 1. The number of hydrogen-bond acceptors (Lipinski definition) is 2. The molecule has 0 bridgehead atoms. The predicted octanol–water partition coefficient (Wildman–Crippen LogP) is 4.27. The molecular weight excluding hydrogens is 366 g/mol. The zero-order valence-corrected chi connectivity index (χ0v) is 13.2. The standard InChI is InChI=1S/C14H10BrClF2N2O/c1-7(10-5-9(17)2-3-12(10)18)20-14(21)11-4-8(15)6-19-13(11)16/h2-7H,1H3,(H,20,21). The molecule has 0 radical (unpaired) electrons. The average Bonchev–Trinajstić information content (AvgIpc) is 2.43. The number of rotatable bonds is 3. The van der Waals surface area contributed by atoms with Gasteiger partial charge in [-0.2, -0.15) is 0 Å². The Labute approximate surface area is 133 Å². The Morgan fingerprint density at radius 3 is 2.81 bits per heavy atom. The van der Waals surface area contributed by atoms with Gasteiger partial charge in [-0.15, -0.1) is 0 Å². The number of nitrogens with zero attached hydrogens (tertiary/aromatic N) is 1. The maximum atomic E-state index is 13.7. The molecular formula is C14H10BrClF2N2O. The molecule has 1 atom stereocenters. The van der Waals surface area contributed by atoms with Crippen LogP contribution in [0.15, 0.2) is 34.9 Å². The Morgan fingerprint density at radius 2 is 2.10 bits per heavy atom. The van der Waals surface area contributed by atoms with Gasteiger partial charge in [0.25, 0.3) is 5.91 Å². The highest BCUT2D eigenvalue weighted by Gasteiger charge is 2.18. The molecule has 1 heterocycles. The van der Waals surface area contributed by atoms with Gasteiger partial charge in [0.2, 0.25) is 0 Å². The van der Waals surface area contributed by atoms with E-state index >= 15 is 0 Å². The van der Waals surface area contributed by atoms with E-state index in [2.05, 4.69) is 26.2 Å². The summed E-state index contributed by atoms with van der Waals surface area (Å²) in [4.78, 5) is 16.0. The van der Waals surface area contributed by atoms with Gasteiger partial charge < -0.3 is 5.32 Å². The molecule has 3 nitrogen and oxygen atoms in total. The van der Waals surface area contributed by atoms with Crippen LogP contribution in [0, 0.1) is 11.6 Å². The number of halogens is 4. The van der Waals surface area contributed by atoms with E-state index in [9.17, 15) is 13.6 Å². The van der Waals surface area contributed by atoms with Crippen LogP contribution in [0.2, 0.25) is 5.15 Å². The molecule has 7 heteroatoms. The van der Waals surface area contributed by atoms with E-state index in [-0.39, 0.29) is 16.3 Å². The van der Waals surface area contributed by atoms with E-state index < -0.39 is 23.6 Å². The van der Waals surface area contributed by atoms with Crippen molar-refractivity contribution in [3.05, 3.63) is 62.8 Å². The lowest BCUT2D eigenvalue weighted by Crippen LogP contribution is -2.27. The van der Waals surface area contributed by atoms with E-state index in [1.165, 1.54) is 12.3 Å². The number of carbonyl (C=O) groups excluding carboxylic acids is 1. The van der Waals surface area contributed by atoms with Crippen molar-refractivity contribution in [3.8, 4) is 0 Å². The third-order valence-corrected chi connectivity index (χ3v) is 3.56. The second kappa shape index (κ2) is 6.49. The van der Waals surface area contributed by atoms with Crippen LogP contribution in [0.3, 0.4) is 0 Å². The minimum absolute atomic E-state index is 0.0302. The van der Waals surface area contributed by atoms with Crippen LogP contribution in [0.5, 0.6) is 0 Å². The summed E-state index contributed by atoms with van der Waals surface area (Å²) < 4.78 is 27.4. The van der Waals surface area contributed by atoms with Gasteiger partial charge in [-0.3, -0.25) is 4.79 Å². The number of aromatic nitrogens is 1. The van der Waals surface area contributed by atoms with Crippen LogP contribution < -0.4 is 5.32 Å². The maximum Gasteiger partial charge on any atom is 0.254 e. The lowest BCUT2D eigenvalue weighted by atomic mass is 10.1. The molecule has 1 amide bonds. The highest BCUT2D eigenvalue weighted by Crippen LogP contribution is 2.21. The van der Waals surface area contributed by atoms with Crippen LogP contribution >= 0.6 is 27.5 Å². The summed E-state index contributed by atoms with van der Waals surface area (Å²) in [5.41, 5.74) is 0.206. The Morgan fingerprint density at radius 1 is 1.38 bits per heavy atom. The summed E-state index contributed by atoms with van der Waals surface area (Å²) in [5, 5.41) is 2.59. The SMILES string of the molecule is CC(NC(=O)c1cc(Br)cnc1Cl)c1cc(F)ccc1F. The van der Waals surface area contributed by atoms with Crippen LogP contribution in [-0.2, 0) is 0 Å². The fourth-order valence-electron chi connectivity index (χ4n) is 1.78. The first-order chi connectivity index (χ1) is 9.88. The monoisotopic (exact) mass is 374 g/mol. The zero-order valence-electron chi connectivity index (χ0n) is 10.8. The normalized spacial score (nSPS) is 12.0. The zero-order chi connectivity index (χ0) is 15.6. The molecule has 0 saturated heterocycles. The van der Waals surface area contributed by atoms with Gasteiger partial charge in [0, 0.05) is 16.2 Å². The maximum absolute atomic E-state index is 13.7. The van der Waals surface area contributed by atoms with Crippen molar-refractivity contribution in [2.45, 2.75) is 13.0 Å². The molecule has 0 aliphatic carbocycles. The van der Waals surface area contributed by atoms with Crippen LogP contribution in [-0.4, -0.2) is 10.9 Å². The highest BCUT2D eigenvalue weighted by atomic mass is 79.9. The molecule has 0 aliphatic rings. The third kappa shape index (κ3) is 3.77. The first kappa shape index (κ1) is 15.9. The van der Waals surface area contributed by atoms with E-state index in [1.54, 1.807) is 6.92 Å². The smallest absolute Gasteiger partial charge is 0.254 e. The van der Waals surface area contributed by atoms with Gasteiger partial charge in [-0.05, 0) is 47.1 Å². The van der Waals surface area contributed by atoms with Crippen LogP contribution in [0.4, 0.5) is 8.78 Å². The van der Waals surface area contributed by atoms with Crippen molar-refractivity contribution in [3.63, 3.8) is 0 Å².